The predicted octanol–water partition coefficient (Wildman–Crippen LogP) is 1.45. The Bertz CT molecular complexity index is 434. The Morgan fingerprint density at radius 1 is 1.44 bits per heavy atom. The van der Waals surface area contributed by atoms with Crippen molar-refractivity contribution in [2.24, 2.45) is 0 Å². The standard InChI is InChI=1S/C13H16FNO3/c1-8-7-15(12(16)13(17)18-8)9(2)10-3-5-11(14)6-4-10/h3-6,8-9,13,17H,7H2,1-2H3/t8?,9-,13?/m0/s1. The molecule has 4 nitrogen and oxygen atoms in total. The zero-order valence-electron chi connectivity index (χ0n) is 10.3. The number of carbonyl (C=O) groups excluding carboxylic acids is 1. The Labute approximate surface area is 105 Å². The van der Waals surface area contributed by atoms with E-state index in [0.717, 1.165) is 5.56 Å². The lowest BCUT2D eigenvalue weighted by molar-refractivity contribution is -0.200. The topological polar surface area (TPSA) is 49.8 Å². The van der Waals surface area contributed by atoms with E-state index in [0.29, 0.717) is 6.54 Å². The molecule has 1 heterocycles. The van der Waals surface area contributed by atoms with Crippen LogP contribution in [0.3, 0.4) is 0 Å². The van der Waals surface area contributed by atoms with Gasteiger partial charge in [0.2, 0.25) is 6.29 Å². The first-order valence-electron chi connectivity index (χ1n) is 5.88. The number of halogens is 1. The van der Waals surface area contributed by atoms with Gasteiger partial charge in [-0.05, 0) is 31.5 Å². The normalized spacial score (nSPS) is 26.2. The quantitative estimate of drug-likeness (QED) is 0.868. The third-order valence-electron chi connectivity index (χ3n) is 3.13. The molecule has 1 aliphatic heterocycles. The summed E-state index contributed by atoms with van der Waals surface area (Å²) in [5.74, 6) is -0.766. The second-order valence-corrected chi connectivity index (χ2v) is 4.52. The van der Waals surface area contributed by atoms with Gasteiger partial charge in [0.1, 0.15) is 5.82 Å². The van der Waals surface area contributed by atoms with Crippen LogP contribution in [-0.2, 0) is 9.53 Å². The van der Waals surface area contributed by atoms with Crippen molar-refractivity contribution in [1.82, 2.24) is 4.90 Å². The van der Waals surface area contributed by atoms with Gasteiger partial charge < -0.3 is 14.7 Å². The van der Waals surface area contributed by atoms with Crippen LogP contribution in [0, 0.1) is 5.82 Å². The Morgan fingerprint density at radius 2 is 2.06 bits per heavy atom. The number of aliphatic hydroxyl groups is 1. The van der Waals surface area contributed by atoms with Gasteiger partial charge in [0.25, 0.3) is 5.91 Å². The summed E-state index contributed by atoms with van der Waals surface area (Å²) in [6.45, 7) is 4.05. The molecule has 3 atom stereocenters. The lowest BCUT2D eigenvalue weighted by Crippen LogP contribution is -2.51. The molecule has 0 aliphatic carbocycles. The van der Waals surface area contributed by atoms with Gasteiger partial charge in [0.15, 0.2) is 0 Å². The lowest BCUT2D eigenvalue weighted by atomic mass is 10.1. The first-order chi connectivity index (χ1) is 8.49. The van der Waals surface area contributed by atoms with Gasteiger partial charge in [-0.25, -0.2) is 4.39 Å². The van der Waals surface area contributed by atoms with Crippen LogP contribution in [-0.4, -0.2) is 34.9 Å². The molecule has 1 fully saturated rings. The van der Waals surface area contributed by atoms with Crippen molar-refractivity contribution in [3.05, 3.63) is 35.6 Å². The van der Waals surface area contributed by atoms with Crippen molar-refractivity contribution in [3.63, 3.8) is 0 Å². The summed E-state index contributed by atoms with van der Waals surface area (Å²) in [6.07, 6.45) is -1.63. The first kappa shape index (κ1) is 13.0. The van der Waals surface area contributed by atoms with Crippen molar-refractivity contribution >= 4 is 5.91 Å². The molecule has 1 aliphatic rings. The number of hydrogen-bond donors (Lipinski definition) is 1. The number of benzene rings is 1. The minimum absolute atomic E-state index is 0.222. The van der Waals surface area contributed by atoms with E-state index in [1.54, 1.807) is 24.0 Å². The maximum Gasteiger partial charge on any atom is 0.279 e. The molecule has 0 saturated carbocycles. The van der Waals surface area contributed by atoms with Gasteiger partial charge in [-0.2, -0.15) is 0 Å². The fourth-order valence-electron chi connectivity index (χ4n) is 2.10. The number of carbonyl (C=O) groups is 1. The third kappa shape index (κ3) is 2.52. The van der Waals surface area contributed by atoms with Crippen molar-refractivity contribution in [2.75, 3.05) is 6.54 Å². The van der Waals surface area contributed by atoms with Crippen molar-refractivity contribution in [2.45, 2.75) is 32.3 Å². The minimum atomic E-state index is -1.41. The molecule has 1 aromatic rings. The fourth-order valence-corrected chi connectivity index (χ4v) is 2.10. The zero-order chi connectivity index (χ0) is 13.3. The maximum absolute atomic E-state index is 12.9. The first-order valence-corrected chi connectivity index (χ1v) is 5.88. The molecule has 0 radical (unpaired) electrons. The average molecular weight is 253 g/mol. The second-order valence-electron chi connectivity index (χ2n) is 4.52. The highest BCUT2D eigenvalue weighted by Crippen LogP contribution is 2.24. The van der Waals surface area contributed by atoms with Gasteiger partial charge in [-0.1, -0.05) is 12.1 Å². The van der Waals surface area contributed by atoms with Crippen LogP contribution in [0.2, 0.25) is 0 Å². The van der Waals surface area contributed by atoms with Gasteiger partial charge in [0.05, 0.1) is 12.1 Å². The van der Waals surface area contributed by atoms with Gasteiger partial charge in [-0.15, -0.1) is 0 Å². The largest absolute Gasteiger partial charge is 0.360 e. The summed E-state index contributed by atoms with van der Waals surface area (Å²) in [7, 11) is 0. The highest BCUT2D eigenvalue weighted by molar-refractivity contribution is 5.80. The number of nitrogens with zero attached hydrogens (tertiary/aromatic N) is 1. The Morgan fingerprint density at radius 3 is 2.67 bits per heavy atom. The lowest BCUT2D eigenvalue weighted by Gasteiger charge is -2.37. The smallest absolute Gasteiger partial charge is 0.279 e. The van der Waals surface area contributed by atoms with Crippen LogP contribution >= 0.6 is 0 Å². The van der Waals surface area contributed by atoms with Crippen LogP contribution in [0.5, 0.6) is 0 Å². The van der Waals surface area contributed by atoms with E-state index in [4.69, 9.17) is 4.74 Å². The highest BCUT2D eigenvalue weighted by Gasteiger charge is 2.34. The molecule has 2 unspecified atom stereocenters. The van der Waals surface area contributed by atoms with E-state index < -0.39 is 12.2 Å². The number of rotatable bonds is 2. The predicted molar refractivity (Wildman–Crippen MR) is 63.1 cm³/mol. The van der Waals surface area contributed by atoms with Crippen LogP contribution in [0.4, 0.5) is 4.39 Å². The molecular weight excluding hydrogens is 237 g/mol. The van der Waals surface area contributed by atoms with Crippen LogP contribution in [0.1, 0.15) is 25.5 Å². The van der Waals surface area contributed by atoms with E-state index in [-0.39, 0.29) is 18.0 Å². The molecule has 1 N–H and O–H groups in total. The molecule has 18 heavy (non-hydrogen) atoms. The SMILES string of the molecule is CC1CN([C@@H](C)c2ccc(F)cc2)C(=O)C(O)O1. The van der Waals surface area contributed by atoms with Crippen molar-refractivity contribution < 1.29 is 19.0 Å². The summed E-state index contributed by atoms with van der Waals surface area (Å²) in [5, 5.41) is 9.49. The molecule has 1 amide bonds. The van der Waals surface area contributed by atoms with E-state index in [1.165, 1.54) is 12.1 Å². The van der Waals surface area contributed by atoms with E-state index in [1.807, 2.05) is 6.92 Å². The molecule has 0 spiro atoms. The summed E-state index contributed by atoms with van der Waals surface area (Å²) < 4.78 is 17.9. The van der Waals surface area contributed by atoms with Gasteiger partial charge in [0, 0.05) is 6.54 Å². The van der Waals surface area contributed by atoms with Crippen LogP contribution < -0.4 is 0 Å². The van der Waals surface area contributed by atoms with Crippen molar-refractivity contribution in [3.8, 4) is 0 Å². The number of hydrogen-bond acceptors (Lipinski definition) is 3. The summed E-state index contributed by atoms with van der Waals surface area (Å²) >= 11 is 0. The molecule has 0 bridgehead atoms. The monoisotopic (exact) mass is 253 g/mol. The molecular formula is C13H16FNO3. The summed E-state index contributed by atoms with van der Waals surface area (Å²) in [5.41, 5.74) is 0.825. The molecule has 1 aromatic carbocycles. The highest BCUT2D eigenvalue weighted by atomic mass is 19.1. The Kier molecular flexibility index (Phi) is 3.63. The van der Waals surface area contributed by atoms with Crippen LogP contribution in [0.25, 0.3) is 0 Å². The molecule has 0 aromatic heterocycles. The number of aliphatic hydroxyl groups excluding tert-OH is 1. The number of ether oxygens (including phenoxy) is 1. The molecule has 5 heteroatoms. The molecule has 1 saturated heterocycles. The number of amides is 1. The van der Waals surface area contributed by atoms with Crippen LogP contribution in [0.15, 0.2) is 24.3 Å². The summed E-state index contributed by atoms with van der Waals surface area (Å²) in [4.78, 5) is 13.4. The van der Waals surface area contributed by atoms with E-state index in [9.17, 15) is 14.3 Å². The Balaban J connectivity index is 2.19. The minimum Gasteiger partial charge on any atom is -0.360 e. The zero-order valence-corrected chi connectivity index (χ0v) is 10.3. The Hall–Kier alpha value is -1.46. The van der Waals surface area contributed by atoms with E-state index >= 15 is 0 Å². The average Bonchev–Trinajstić information content (AvgIpc) is 2.34. The van der Waals surface area contributed by atoms with Gasteiger partial charge in [-0.3, -0.25) is 4.79 Å². The van der Waals surface area contributed by atoms with Crippen molar-refractivity contribution in [1.29, 1.82) is 0 Å². The molecule has 98 valence electrons. The fraction of sp³-hybridized carbons (Fsp3) is 0.462. The summed E-state index contributed by atoms with van der Waals surface area (Å²) in [6, 6.07) is 5.77. The van der Waals surface area contributed by atoms with Gasteiger partial charge >= 0.3 is 0 Å². The number of morpholine rings is 1. The molecule has 2 rings (SSSR count). The van der Waals surface area contributed by atoms with E-state index in [2.05, 4.69) is 0 Å². The second kappa shape index (κ2) is 5.04. The third-order valence-corrected chi connectivity index (χ3v) is 3.13. The maximum atomic E-state index is 12.9.